The molecule has 12 nitrogen and oxygen atoms in total. The molecule has 0 spiro atoms. The first-order valence-corrected chi connectivity index (χ1v) is 10.6. The molecule has 0 aliphatic heterocycles. The first-order chi connectivity index (χ1) is 17.1. The number of hydrogen-bond donors (Lipinski definition) is 4. The van der Waals surface area contributed by atoms with Crippen LogP contribution in [0.15, 0.2) is 71.3 Å². The monoisotopic (exact) mass is 471 g/mol. The van der Waals surface area contributed by atoms with Gasteiger partial charge in [0.15, 0.2) is 5.76 Å². The molecule has 6 N–H and O–H groups in total. The minimum Gasteiger partial charge on any atom is -0.492 e. The van der Waals surface area contributed by atoms with Crippen molar-refractivity contribution in [1.82, 2.24) is 24.6 Å². The Morgan fingerprint density at radius 2 is 1.83 bits per heavy atom. The maximum absolute atomic E-state index is 12.4. The number of carbonyl (C=O) groups excluding carboxylic acids is 1. The van der Waals surface area contributed by atoms with Crippen LogP contribution in [0.5, 0.6) is 5.75 Å². The highest BCUT2D eigenvalue weighted by molar-refractivity contribution is 6.05. The summed E-state index contributed by atoms with van der Waals surface area (Å²) in [5.74, 6) is 1.94. The Balaban J connectivity index is 1.15. The van der Waals surface area contributed by atoms with E-state index in [0.717, 1.165) is 0 Å². The molecule has 0 aliphatic carbocycles. The van der Waals surface area contributed by atoms with E-state index in [1.165, 1.54) is 10.8 Å². The molecule has 0 aliphatic rings. The zero-order chi connectivity index (χ0) is 24.2. The number of ether oxygens (including phenoxy) is 1. The summed E-state index contributed by atoms with van der Waals surface area (Å²) in [6.07, 6.45) is 1.53. The van der Waals surface area contributed by atoms with E-state index in [1.807, 2.05) is 0 Å². The molecule has 0 unspecified atom stereocenters. The average molecular weight is 471 g/mol. The average Bonchev–Trinajstić information content (AvgIpc) is 3.54. The van der Waals surface area contributed by atoms with Crippen molar-refractivity contribution >= 4 is 35.0 Å². The predicted molar refractivity (Wildman–Crippen MR) is 130 cm³/mol. The topological polar surface area (TPSA) is 172 Å². The standard InChI is InChI=1S/C23H21N9O3/c24-16-4-1-2-5-17(16)27-20(33)14-7-9-15(10-8-14)34-13-11-26-22-29-21(25)32-23(30-22)28-19(31-32)18-6-3-12-35-18/h1-10,12H,11,13,24H2,(H,27,33)(H3,25,26,28,29,30,31). The van der Waals surface area contributed by atoms with Crippen LogP contribution in [-0.4, -0.2) is 43.6 Å². The van der Waals surface area contributed by atoms with Gasteiger partial charge in [0.2, 0.25) is 17.7 Å². The molecular weight excluding hydrogens is 450 g/mol. The van der Waals surface area contributed by atoms with Crippen LogP contribution >= 0.6 is 0 Å². The van der Waals surface area contributed by atoms with Crippen LogP contribution in [0.4, 0.5) is 23.3 Å². The number of nitrogens with zero attached hydrogens (tertiary/aromatic N) is 5. The van der Waals surface area contributed by atoms with Crippen molar-refractivity contribution in [2.24, 2.45) is 0 Å². The van der Waals surface area contributed by atoms with Gasteiger partial charge in [-0.15, -0.1) is 5.10 Å². The van der Waals surface area contributed by atoms with Crippen LogP contribution < -0.4 is 26.8 Å². The lowest BCUT2D eigenvalue weighted by Gasteiger charge is -2.10. The van der Waals surface area contributed by atoms with Gasteiger partial charge in [-0.2, -0.15) is 19.5 Å². The number of nitrogen functional groups attached to an aromatic ring is 2. The van der Waals surface area contributed by atoms with Gasteiger partial charge in [-0.3, -0.25) is 4.79 Å². The Morgan fingerprint density at radius 1 is 1.00 bits per heavy atom. The lowest BCUT2D eigenvalue weighted by molar-refractivity contribution is 0.102. The zero-order valence-corrected chi connectivity index (χ0v) is 18.4. The first-order valence-electron chi connectivity index (χ1n) is 10.6. The molecule has 0 bridgehead atoms. The van der Waals surface area contributed by atoms with E-state index < -0.39 is 0 Å². The third-order valence-corrected chi connectivity index (χ3v) is 4.95. The van der Waals surface area contributed by atoms with Gasteiger partial charge in [0, 0.05) is 5.56 Å². The number of carbonyl (C=O) groups is 1. The molecule has 1 amide bonds. The van der Waals surface area contributed by atoms with Gasteiger partial charge in [0.25, 0.3) is 11.7 Å². The van der Waals surface area contributed by atoms with Gasteiger partial charge in [-0.25, -0.2) is 0 Å². The summed E-state index contributed by atoms with van der Waals surface area (Å²) < 4.78 is 12.4. The van der Waals surface area contributed by atoms with Gasteiger partial charge >= 0.3 is 0 Å². The second kappa shape index (κ2) is 9.39. The molecule has 0 atom stereocenters. The molecule has 0 fully saturated rings. The third-order valence-electron chi connectivity index (χ3n) is 4.95. The predicted octanol–water partition coefficient (Wildman–Crippen LogP) is 2.69. The molecule has 3 aromatic heterocycles. The molecule has 0 saturated carbocycles. The second-order valence-corrected chi connectivity index (χ2v) is 7.37. The molecule has 0 radical (unpaired) electrons. The minimum absolute atomic E-state index is 0.134. The van der Waals surface area contributed by atoms with E-state index in [0.29, 0.717) is 59.2 Å². The first kappa shape index (κ1) is 21.7. The molecular formula is C23H21N9O3. The summed E-state index contributed by atoms with van der Waals surface area (Å²) in [7, 11) is 0. The number of anilines is 4. The smallest absolute Gasteiger partial charge is 0.259 e. The Bertz CT molecular complexity index is 1460. The number of nitrogens with one attached hydrogen (secondary N) is 2. The normalized spacial score (nSPS) is 10.9. The maximum Gasteiger partial charge on any atom is 0.259 e. The number of furan rings is 1. The third kappa shape index (κ3) is 4.80. The molecule has 5 aromatic rings. The summed E-state index contributed by atoms with van der Waals surface area (Å²) in [4.78, 5) is 25.3. The van der Waals surface area contributed by atoms with E-state index in [4.69, 9.17) is 20.6 Å². The number of fused-ring (bicyclic) bond motifs is 1. The Labute approximate surface area is 199 Å². The van der Waals surface area contributed by atoms with Gasteiger partial charge in [-0.05, 0) is 48.5 Å². The second-order valence-electron chi connectivity index (χ2n) is 7.37. The van der Waals surface area contributed by atoms with Crippen LogP contribution in [0.25, 0.3) is 17.4 Å². The van der Waals surface area contributed by atoms with E-state index in [1.54, 1.807) is 60.7 Å². The zero-order valence-electron chi connectivity index (χ0n) is 18.4. The summed E-state index contributed by atoms with van der Waals surface area (Å²) in [5, 5.41) is 10.1. The number of para-hydroxylation sites is 2. The highest BCUT2D eigenvalue weighted by atomic mass is 16.5. The molecule has 5 rings (SSSR count). The summed E-state index contributed by atoms with van der Waals surface area (Å²) >= 11 is 0. The molecule has 176 valence electrons. The number of nitrogens with two attached hydrogens (primary N) is 2. The van der Waals surface area contributed by atoms with Crippen LogP contribution in [-0.2, 0) is 0 Å². The number of hydrogen-bond acceptors (Lipinski definition) is 10. The van der Waals surface area contributed by atoms with Crippen molar-refractivity contribution in [2.75, 3.05) is 35.3 Å². The van der Waals surface area contributed by atoms with Crippen LogP contribution in [0.3, 0.4) is 0 Å². The molecule has 0 saturated heterocycles. The Morgan fingerprint density at radius 3 is 2.60 bits per heavy atom. The summed E-state index contributed by atoms with van der Waals surface area (Å²) in [5.41, 5.74) is 13.4. The van der Waals surface area contributed by atoms with Crippen LogP contribution in [0.1, 0.15) is 10.4 Å². The SMILES string of the molecule is Nc1ccccc1NC(=O)c1ccc(OCCNc2nc(N)n3nc(-c4ccco4)nc3n2)cc1. The number of rotatable bonds is 8. The van der Waals surface area contributed by atoms with Crippen molar-refractivity contribution in [1.29, 1.82) is 0 Å². The Hall–Kier alpha value is -5.13. The fourth-order valence-electron chi connectivity index (χ4n) is 3.23. The van der Waals surface area contributed by atoms with Gasteiger partial charge in [0.05, 0.1) is 24.2 Å². The Kier molecular flexibility index (Phi) is 5.82. The minimum atomic E-state index is -0.259. The lowest BCUT2D eigenvalue weighted by atomic mass is 10.2. The fourth-order valence-corrected chi connectivity index (χ4v) is 3.23. The lowest BCUT2D eigenvalue weighted by Crippen LogP contribution is -2.15. The van der Waals surface area contributed by atoms with Crippen LogP contribution in [0.2, 0.25) is 0 Å². The summed E-state index contributed by atoms with van der Waals surface area (Å²) in [6.45, 7) is 0.731. The highest BCUT2D eigenvalue weighted by Gasteiger charge is 2.14. The molecule has 12 heteroatoms. The maximum atomic E-state index is 12.4. The van der Waals surface area contributed by atoms with Crippen molar-refractivity contribution in [2.45, 2.75) is 0 Å². The number of aromatic nitrogens is 5. The highest BCUT2D eigenvalue weighted by Crippen LogP contribution is 2.20. The quantitative estimate of drug-likeness (QED) is 0.195. The van der Waals surface area contributed by atoms with E-state index >= 15 is 0 Å². The van der Waals surface area contributed by atoms with Crippen molar-refractivity contribution in [3.05, 3.63) is 72.5 Å². The van der Waals surface area contributed by atoms with Crippen molar-refractivity contribution in [3.63, 3.8) is 0 Å². The van der Waals surface area contributed by atoms with Gasteiger partial charge in [0.1, 0.15) is 12.4 Å². The van der Waals surface area contributed by atoms with Crippen LogP contribution in [0, 0.1) is 0 Å². The largest absolute Gasteiger partial charge is 0.492 e. The molecule has 35 heavy (non-hydrogen) atoms. The van der Waals surface area contributed by atoms with E-state index in [-0.39, 0.29) is 11.9 Å². The fraction of sp³-hybridized carbons (Fsp3) is 0.0870. The number of benzene rings is 2. The van der Waals surface area contributed by atoms with Crippen molar-refractivity contribution in [3.8, 4) is 17.3 Å². The molecule has 2 aromatic carbocycles. The number of amides is 1. The van der Waals surface area contributed by atoms with E-state index in [9.17, 15) is 4.79 Å². The van der Waals surface area contributed by atoms with Crippen molar-refractivity contribution < 1.29 is 13.9 Å². The van der Waals surface area contributed by atoms with E-state index in [2.05, 4.69) is 30.7 Å². The van der Waals surface area contributed by atoms with Gasteiger partial charge < -0.3 is 31.3 Å². The summed E-state index contributed by atoms with van der Waals surface area (Å²) in [6, 6.07) is 17.4. The molecule has 3 heterocycles. The van der Waals surface area contributed by atoms with Gasteiger partial charge in [-0.1, -0.05) is 12.1 Å².